The molecule has 0 bridgehead atoms. The van der Waals surface area contributed by atoms with Crippen molar-refractivity contribution in [2.75, 3.05) is 26.0 Å². The summed E-state index contributed by atoms with van der Waals surface area (Å²) in [5, 5.41) is 17.6. The number of nitrogens with one attached hydrogen (secondary N) is 2. The molecule has 27 heavy (non-hydrogen) atoms. The van der Waals surface area contributed by atoms with Gasteiger partial charge in [0, 0.05) is 34.3 Å². The van der Waals surface area contributed by atoms with Crippen molar-refractivity contribution in [3.05, 3.63) is 51.2 Å². The third-order valence-electron chi connectivity index (χ3n) is 4.05. The van der Waals surface area contributed by atoms with Gasteiger partial charge >= 0.3 is 0 Å². The van der Waals surface area contributed by atoms with E-state index in [1.54, 1.807) is 13.1 Å². The normalized spacial score (nSPS) is 18.4. The van der Waals surface area contributed by atoms with Crippen molar-refractivity contribution in [1.29, 1.82) is 0 Å². The lowest BCUT2D eigenvalue weighted by molar-refractivity contribution is 0.147. The van der Waals surface area contributed by atoms with Crippen molar-refractivity contribution in [3.8, 4) is 0 Å². The highest BCUT2D eigenvalue weighted by atomic mass is 79.9. The first-order valence-corrected chi connectivity index (χ1v) is 9.86. The van der Waals surface area contributed by atoms with Gasteiger partial charge in [0.2, 0.25) is 5.95 Å². The number of hydrogen-bond acceptors (Lipinski definition) is 6. The minimum Gasteiger partial charge on any atom is -0.379 e. The SMILES string of the molecule is CC(O)NC1C=C(Nc2ncc3cc(Br)cc(Cl)c3n2)C=C(CN(C)C)C1. The van der Waals surface area contributed by atoms with Crippen molar-refractivity contribution in [2.24, 2.45) is 0 Å². The molecule has 3 N–H and O–H groups in total. The minimum absolute atomic E-state index is 0.0347. The predicted molar refractivity (Wildman–Crippen MR) is 114 cm³/mol. The van der Waals surface area contributed by atoms with Crippen LogP contribution >= 0.6 is 27.5 Å². The highest BCUT2D eigenvalue weighted by Gasteiger charge is 2.18. The summed E-state index contributed by atoms with van der Waals surface area (Å²) < 4.78 is 0.891. The molecule has 0 saturated carbocycles. The molecule has 1 heterocycles. The number of likely N-dealkylation sites (N-methyl/N-ethyl adjacent to an activating group) is 1. The van der Waals surface area contributed by atoms with E-state index >= 15 is 0 Å². The van der Waals surface area contributed by atoms with Gasteiger partial charge in [-0.05, 0) is 51.7 Å². The fourth-order valence-corrected chi connectivity index (χ4v) is 4.03. The van der Waals surface area contributed by atoms with Crippen molar-refractivity contribution in [2.45, 2.75) is 25.6 Å². The van der Waals surface area contributed by atoms with E-state index in [-0.39, 0.29) is 6.04 Å². The van der Waals surface area contributed by atoms with E-state index in [9.17, 15) is 5.11 Å². The molecule has 0 fully saturated rings. The average Bonchev–Trinajstić information content (AvgIpc) is 2.54. The van der Waals surface area contributed by atoms with Gasteiger partial charge in [-0.15, -0.1) is 0 Å². The first-order chi connectivity index (χ1) is 12.8. The number of benzene rings is 1. The molecule has 0 aliphatic heterocycles. The molecule has 1 aliphatic rings. The zero-order valence-electron chi connectivity index (χ0n) is 15.5. The molecule has 144 valence electrons. The number of fused-ring (bicyclic) bond motifs is 1. The Hall–Kier alpha value is -1.51. The van der Waals surface area contributed by atoms with Crippen molar-refractivity contribution >= 4 is 44.4 Å². The lowest BCUT2D eigenvalue weighted by atomic mass is 9.98. The molecule has 6 nitrogen and oxygen atoms in total. The molecule has 1 aliphatic carbocycles. The number of aromatic nitrogens is 2. The molecule has 2 unspecified atom stereocenters. The van der Waals surface area contributed by atoms with Crippen LogP contribution in [0, 0.1) is 0 Å². The molecular formula is C19H23BrClN5O. The van der Waals surface area contributed by atoms with Gasteiger partial charge in [0.1, 0.15) is 6.23 Å². The summed E-state index contributed by atoms with van der Waals surface area (Å²) in [5.74, 6) is 0.483. The van der Waals surface area contributed by atoms with Gasteiger partial charge < -0.3 is 15.3 Å². The molecule has 0 saturated heterocycles. The first-order valence-electron chi connectivity index (χ1n) is 8.69. The summed E-state index contributed by atoms with van der Waals surface area (Å²) >= 11 is 9.75. The van der Waals surface area contributed by atoms with Crippen molar-refractivity contribution in [3.63, 3.8) is 0 Å². The van der Waals surface area contributed by atoms with E-state index in [1.165, 1.54) is 5.57 Å². The minimum atomic E-state index is -0.583. The number of halogens is 2. The summed E-state index contributed by atoms with van der Waals surface area (Å²) in [7, 11) is 4.08. The van der Waals surface area contributed by atoms with Gasteiger partial charge in [0.05, 0.1) is 10.5 Å². The average molecular weight is 453 g/mol. The van der Waals surface area contributed by atoms with Crippen LogP contribution in [0.1, 0.15) is 13.3 Å². The summed E-state index contributed by atoms with van der Waals surface area (Å²) in [4.78, 5) is 11.1. The van der Waals surface area contributed by atoms with E-state index < -0.39 is 6.23 Å². The Morgan fingerprint density at radius 2 is 2.19 bits per heavy atom. The third kappa shape index (κ3) is 5.49. The molecule has 2 atom stereocenters. The second-order valence-electron chi connectivity index (χ2n) is 6.96. The molecule has 1 aromatic carbocycles. The second-order valence-corrected chi connectivity index (χ2v) is 8.28. The van der Waals surface area contributed by atoms with Gasteiger partial charge in [0.15, 0.2) is 0 Å². The van der Waals surface area contributed by atoms with Crippen LogP contribution in [-0.4, -0.2) is 52.9 Å². The quantitative estimate of drug-likeness (QED) is 0.582. The summed E-state index contributed by atoms with van der Waals surface area (Å²) in [6.07, 6.45) is 6.16. The number of aliphatic hydroxyl groups is 1. The Bertz CT molecular complexity index is 897. The van der Waals surface area contributed by atoms with Crippen LogP contribution in [0.3, 0.4) is 0 Å². The van der Waals surface area contributed by atoms with Crippen LogP contribution in [0.4, 0.5) is 5.95 Å². The lowest BCUT2D eigenvalue weighted by Gasteiger charge is -2.26. The molecule has 8 heteroatoms. The van der Waals surface area contributed by atoms with E-state index in [1.807, 2.05) is 32.3 Å². The third-order valence-corrected chi connectivity index (χ3v) is 4.80. The van der Waals surface area contributed by atoms with Gasteiger partial charge in [-0.2, -0.15) is 0 Å². The maximum Gasteiger partial charge on any atom is 0.227 e. The molecule has 0 radical (unpaired) electrons. The Balaban J connectivity index is 1.88. The Morgan fingerprint density at radius 3 is 2.89 bits per heavy atom. The summed E-state index contributed by atoms with van der Waals surface area (Å²) in [6.45, 7) is 2.56. The zero-order chi connectivity index (χ0) is 19.6. The molecule has 1 aromatic heterocycles. The second kappa shape index (κ2) is 8.67. The lowest BCUT2D eigenvalue weighted by Crippen LogP contribution is -2.37. The number of allylic oxidation sites excluding steroid dienone is 1. The van der Waals surface area contributed by atoms with Crippen molar-refractivity contribution in [1.82, 2.24) is 20.2 Å². The smallest absolute Gasteiger partial charge is 0.227 e. The number of anilines is 1. The highest BCUT2D eigenvalue weighted by molar-refractivity contribution is 9.10. The van der Waals surface area contributed by atoms with Gasteiger partial charge in [-0.25, -0.2) is 9.97 Å². The highest BCUT2D eigenvalue weighted by Crippen LogP contribution is 2.27. The van der Waals surface area contributed by atoms with Crippen LogP contribution in [0.2, 0.25) is 5.02 Å². The Morgan fingerprint density at radius 1 is 1.41 bits per heavy atom. The zero-order valence-corrected chi connectivity index (χ0v) is 17.8. The van der Waals surface area contributed by atoms with Gasteiger partial charge in [-0.1, -0.05) is 33.1 Å². The number of nitrogens with zero attached hydrogens (tertiary/aromatic N) is 3. The molecular weight excluding hydrogens is 430 g/mol. The first kappa shape index (κ1) is 20.2. The van der Waals surface area contributed by atoms with Crippen LogP contribution in [0.25, 0.3) is 10.9 Å². The largest absolute Gasteiger partial charge is 0.379 e. The van der Waals surface area contributed by atoms with E-state index in [4.69, 9.17) is 11.6 Å². The van der Waals surface area contributed by atoms with E-state index in [0.29, 0.717) is 16.5 Å². The van der Waals surface area contributed by atoms with Crippen LogP contribution in [0.5, 0.6) is 0 Å². The Labute approximate surface area is 172 Å². The van der Waals surface area contributed by atoms with Gasteiger partial charge in [-0.3, -0.25) is 5.32 Å². The van der Waals surface area contributed by atoms with Gasteiger partial charge in [0.25, 0.3) is 0 Å². The fraction of sp³-hybridized carbons (Fsp3) is 0.368. The topological polar surface area (TPSA) is 73.3 Å². The van der Waals surface area contributed by atoms with E-state index in [2.05, 4.69) is 47.5 Å². The monoisotopic (exact) mass is 451 g/mol. The molecule has 0 amide bonds. The molecule has 2 aromatic rings. The van der Waals surface area contributed by atoms with E-state index in [0.717, 1.165) is 28.5 Å². The fourth-order valence-electron chi connectivity index (χ4n) is 3.15. The number of aliphatic hydroxyl groups excluding tert-OH is 1. The summed E-state index contributed by atoms with van der Waals surface area (Å²) in [5.41, 5.74) is 2.85. The standard InChI is InChI=1S/C19H23BrClN5O/c1-11(27)23-15-4-12(10-26(2)3)5-16(8-15)24-19-22-9-13-6-14(20)7-17(21)18(13)25-19/h5-9,11,15,23,27H,4,10H2,1-3H3,(H,22,24,25). The predicted octanol–water partition coefficient (Wildman–Crippen LogP) is 3.53. The maximum atomic E-state index is 9.69. The summed E-state index contributed by atoms with van der Waals surface area (Å²) in [6, 6.07) is 3.79. The molecule has 3 rings (SSSR count). The Kier molecular flexibility index (Phi) is 6.49. The number of rotatable bonds is 6. The van der Waals surface area contributed by atoms with Crippen molar-refractivity contribution < 1.29 is 5.11 Å². The van der Waals surface area contributed by atoms with Crippen LogP contribution < -0.4 is 10.6 Å². The van der Waals surface area contributed by atoms with Crippen LogP contribution in [0.15, 0.2) is 46.2 Å². The maximum absolute atomic E-state index is 9.69. The van der Waals surface area contributed by atoms with Crippen LogP contribution in [-0.2, 0) is 0 Å². The molecule has 0 spiro atoms. The number of hydrogen-bond donors (Lipinski definition) is 3.